The van der Waals surface area contributed by atoms with Gasteiger partial charge in [-0.05, 0) is 68.2 Å². The zero-order chi connectivity index (χ0) is 39.9. The van der Waals surface area contributed by atoms with Crippen molar-refractivity contribution in [1.29, 1.82) is 0 Å². The van der Waals surface area contributed by atoms with Gasteiger partial charge in [-0.15, -0.1) is 0 Å². The maximum absolute atomic E-state index is 10.5. The third kappa shape index (κ3) is 53.8. The minimum Gasteiger partial charge on any atom is -0.726 e. The van der Waals surface area contributed by atoms with E-state index in [0.717, 1.165) is 12.8 Å². The van der Waals surface area contributed by atoms with Gasteiger partial charge in [-0.3, -0.25) is 8.74 Å². The fourth-order valence-electron chi connectivity index (χ4n) is 4.11. The fourth-order valence-corrected chi connectivity index (χ4v) is 4.57. The smallest absolute Gasteiger partial charge is 0.330 e. The molecule has 0 rings (SSSR count). The van der Waals surface area contributed by atoms with Crippen LogP contribution in [0.2, 0.25) is 0 Å². The van der Waals surface area contributed by atoms with Crippen molar-refractivity contribution in [2.45, 2.75) is 182 Å². The van der Waals surface area contributed by atoms with Gasteiger partial charge in [-0.2, -0.15) is 8.42 Å². The molecule has 0 saturated carbocycles. The number of hydrogen-bond acceptors (Lipinski definition) is 13. The second kappa shape index (κ2) is 36.1. The van der Waals surface area contributed by atoms with Gasteiger partial charge < -0.3 is 44.2 Å². The summed E-state index contributed by atoms with van der Waals surface area (Å²) in [6.45, 7) is 21.9. The largest absolute Gasteiger partial charge is 0.726 e. The topological polar surface area (TPSA) is 259 Å². The van der Waals surface area contributed by atoms with Gasteiger partial charge in [-0.25, -0.2) is 13.6 Å². The Labute approximate surface area is 316 Å². The van der Waals surface area contributed by atoms with Crippen molar-refractivity contribution >= 4 is 20.7 Å². The summed E-state index contributed by atoms with van der Waals surface area (Å²) >= 11 is 0. The van der Waals surface area contributed by atoms with Crippen molar-refractivity contribution in [2.75, 3.05) is 39.6 Å². The fraction of sp³-hybridized carbons (Fsp3) is 1.00. The summed E-state index contributed by atoms with van der Waals surface area (Å²) in [5, 5.41) is 13.0. The predicted octanol–water partition coefficient (Wildman–Crippen LogP) is 5.71. The molecule has 0 fully saturated rings. The van der Waals surface area contributed by atoms with Crippen molar-refractivity contribution in [3.8, 4) is 0 Å². The van der Waals surface area contributed by atoms with Gasteiger partial charge in [0.25, 0.3) is 0 Å². The molecule has 0 aromatic heterocycles. The highest BCUT2D eigenvalue weighted by atomic mass is 32.3. The van der Waals surface area contributed by atoms with Crippen molar-refractivity contribution in [2.24, 2.45) is 5.14 Å². The molecule has 0 aromatic rings. The molecule has 0 aliphatic rings. The molecule has 0 saturated heterocycles. The van der Waals surface area contributed by atoms with Crippen molar-refractivity contribution in [3.63, 3.8) is 0 Å². The van der Waals surface area contributed by atoms with E-state index in [2.05, 4.69) is 37.0 Å². The molecule has 0 spiro atoms. The van der Waals surface area contributed by atoms with Crippen molar-refractivity contribution in [1.82, 2.24) is 6.15 Å². The lowest BCUT2D eigenvalue weighted by molar-refractivity contribution is -0.0786. The maximum Gasteiger partial charge on any atom is 0.330 e. The number of rotatable bonds is 30. The van der Waals surface area contributed by atoms with E-state index in [1.807, 2.05) is 27.7 Å². The molecular formula is C34H78N2O14S2. The van der Waals surface area contributed by atoms with Gasteiger partial charge in [0, 0.05) is 0 Å². The highest BCUT2D eigenvalue weighted by molar-refractivity contribution is 7.83. The van der Waals surface area contributed by atoms with Crippen LogP contribution < -0.4 is 11.3 Å². The molecule has 0 aliphatic carbocycles. The molecular weight excluding hydrogens is 725 g/mol. The first-order valence-corrected chi connectivity index (χ1v) is 21.2. The van der Waals surface area contributed by atoms with E-state index >= 15 is 0 Å². The van der Waals surface area contributed by atoms with E-state index in [1.165, 1.54) is 58.3 Å². The summed E-state index contributed by atoms with van der Waals surface area (Å²) in [6, 6.07) is 0. The number of unbranched alkanes of at least 4 members (excludes halogenated alkanes) is 6. The van der Waals surface area contributed by atoms with E-state index < -0.39 is 32.9 Å². The van der Waals surface area contributed by atoms with Gasteiger partial charge >= 0.3 is 10.3 Å². The lowest BCUT2D eigenvalue weighted by Gasteiger charge is -2.21. The first-order chi connectivity index (χ1) is 23.6. The van der Waals surface area contributed by atoms with Gasteiger partial charge in [0.15, 0.2) is 0 Å². The van der Waals surface area contributed by atoms with Gasteiger partial charge in [0.2, 0.25) is 10.4 Å². The van der Waals surface area contributed by atoms with Crippen LogP contribution >= 0.6 is 0 Å². The Bertz CT molecular complexity index is 969. The molecule has 8 atom stereocenters. The average molecular weight is 803 g/mol. The van der Waals surface area contributed by atoms with Crippen LogP contribution in [0.3, 0.4) is 0 Å². The number of ether oxygens (including phenoxy) is 6. The Hall–Kier alpha value is -0.580. The first-order valence-electron chi connectivity index (χ1n) is 18.4. The Morgan fingerprint density at radius 1 is 0.519 bits per heavy atom. The average Bonchev–Trinajstić information content (AvgIpc) is 3.01. The number of aliphatic hydroxyl groups is 1. The lowest BCUT2D eigenvalue weighted by Crippen LogP contribution is -2.28. The zero-order valence-electron chi connectivity index (χ0n) is 34.1. The van der Waals surface area contributed by atoms with Gasteiger partial charge in [-0.1, -0.05) is 65.2 Å². The van der Waals surface area contributed by atoms with Crippen LogP contribution in [0, 0.1) is 0 Å². The summed E-state index contributed by atoms with van der Waals surface area (Å²) in [7, 11) is -8.87. The summed E-state index contributed by atoms with van der Waals surface area (Å²) in [6.07, 6.45) is 11.3. The molecule has 0 bridgehead atoms. The Kier molecular flexibility index (Phi) is 40.3. The molecule has 52 heavy (non-hydrogen) atoms. The molecule has 0 aliphatic heterocycles. The normalized spacial score (nSPS) is 16.4. The second-order valence-corrected chi connectivity index (χ2v) is 15.3. The molecule has 0 aromatic carbocycles. The standard InChI is InChI=1S/C17H36O7S.C17H36O4.H3NO3S.H3N/c1-6-7-8-9-10-14(2)21-11-15(3)22-12-16(4)23-13-17(5)24-25(18,19)20;1-6-7-8-9-10-15(3)20-12-17(5)21-13-16(4)19-11-14(2)18;1-5(2,3)4;/h14-17H,6-13H2,1-5H3,(H,18,19,20);14-18H,6-13H2,1-5H3;(H3,1,2,3,4);1H3. The highest BCUT2D eigenvalue weighted by Crippen LogP contribution is 2.10. The van der Waals surface area contributed by atoms with Crippen molar-refractivity contribution < 1.29 is 63.7 Å². The number of hydrogen-bond donors (Lipinski definition) is 4. The SMILES string of the molecule is CCCCCCC(C)OCC(C)OCC(C)OCC(C)O.CCCCCCC(C)OCC(C)OCC(C)OCC(C)OS(=O)(=O)[O-].NS(=O)(=O)O.[NH4+]. The Balaban J connectivity index is -0.000000389. The number of aliphatic hydroxyl groups excluding tert-OH is 1. The van der Waals surface area contributed by atoms with Crippen LogP contribution in [-0.4, -0.2) is 120 Å². The van der Waals surface area contributed by atoms with Crippen LogP contribution in [0.5, 0.6) is 0 Å². The molecule has 320 valence electrons. The van der Waals surface area contributed by atoms with E-state index in [4.69, 9.17) is 46.5 Å². The molecule has 0 heterocycles. The predicted molar refractivity (Wildman–Crippen MR) is 204 cm³/mol. The van der Waals surface area contributed by atoms with Crippen LogP contribution in [0.4, 0.5) is 0 Å². The summed E-state index contributed by atoms with van der Waals surface area (Å²) in [5.74, 6) is 0. The molecule has 0 amide bonds. The van der Waals surface area contributed by atoms with Gasteiger partial charge in [0.05, 0.1) is 88.5 Å². The zero-order valence-corrected chi connectivity index (χ0v) is 35.8. The summed E-state index contributed by atoms with van der Waals surface area (Å²) in [4.78, 5) is 0. The van der Waals surface area contributed by atoms with Crippen LogP contribution in [0.1, 0.15) is 133 Å². The number of nitrogens with two attached hydrogens (primary N) is 1. The van der Waals surface area contributed by atoms with Crippen LogP contribution in [0.15, 0.2) is 0 Å². The van der Waals surface area contributed by atoms with Crippen LogP contribution in [0.25, 0.3) is 0 Å². The molecule has 8 unspecified atom stereocenters. The van der Waals surface area contributed by atoms with E-state index in [1.54, 1.807) is 6.92 Å². The Morgan fingerprint density at radius 2 is 0.788 bits per heavy atom. The maximum atomic E-state index is 10.5. The van der Waals surface area contributed by atoms with Crippen molar-refractivity contribution in [3.05, 3.63) is 0 Å². The lowest BCUT2D eigenvalue weighted by atomic mass is 10.1. The quantitative estimate of drug-likeness (QED) is 0.0385. The van der Waals surface area contributed by atoms with E-state index in [9.17, 15) is 13.0 Å². The molecule has 16 nitrogen and oxygen atoms in total. The minimum atomic E-state index is -4.70. The summed E-state index contributed by atoms with van der Waals surface area (Å²) in [5.41, 5.74) is 0. The minimum absolute atomic E-state index is 0. The second-order valence-electron chi connectivity index (χ2n) is 13.2. The van der Waals surface area contributed by atoms with E-state index in [-0.39, 0.29) is 43.3 Å². The summed E-state index contributed by atoms with van der Waals surface area (Å²) < 4.78 is 94.6. The first kappa shape index (κ1) is 58.1. The molecule has 18 heteroatoms. The molecule has 8 N–H and O–H groups in total. The Morgan fingerprint density at radius 3 is 1.06 bits per heavy atom. The number of quaternary nitrogens is 1. The highest BCUT2D eigenvalue weighted by Gasteiger charge is 2.13. The van der Waals surface area contributed by atoms with Crippen LogP contribution in [-0.2, 0) is 53.3 Å². The van der Waals surface area contributed by atoms with E-state index in [0.29, 0.717) is 39.1 Å². The van der Waals surface area contributed by atoms with Gasteiger partial charge in [0.1, 0.15) is 0 Å². The third-order valence-corrected chi connectivity index (χ3v) is 7.47. The third-order valence-electron chi connectivity index (χ3n) is 6.91. The monoisotopic (exact) mass is 802 g/mol. The molecule has 0 radical (unpaired) electrons.